The van der Waals surface area contributed by atoms with Crippen LogP contribution < -0.4 is 11.3 Å². The Hall–Kier alpha value is -2.13. The highest BCUT2D eigenvalue weighted by atomic mass is 16.2. The first-order chi connectivity index (χ1) is 8.10. The predicted molar refractivity (Wildman–Crippen MR) is 63.8 cm³/mol. The first-order valence-corrected chi connectivity index (χ1v) is 5.17. The summed E-state index contributed by atoms with van der Waals surface area (Å²) in [5.74, 6) is 5.49. The van der Waals surface area contributed by atoms with E-state index in [1.54, 1.807) is 19.2 Å². The molecule has 1 rings (SSSR count). The van der Waals surface area contributed by atoms with E-state index in [-0.39, 0.29) is 11.9 Å². The number of nitriles is 1. The van der Waals surface area contributed by atoms with Crippen molar-refractivity contribution >= 4 is 11.7 Å². The molecular weight excluding hydrogens is 218 g/mol. The monoisotopic (exact) mass is 233 g/mol. The smallest absolute Gasteiger partial charge is 0.254 e. The van der Waals surface area contributed by atoms with E-state index in [4.69, 9.17) is 11.1 Å². The lowest BCUT2D eigenvalue weighted by molar-refractivity contribution is 0.0746. The van der Waals surface area contributed by atoms with Crippen molar-refractivity contribution in [2.24, 2.45) is 5.84 Å². The molecule has 0 radical (unpaired) electrons. The summed E-state index contributed by atoms with van der Waals surface area (Å²) < 4.78 is 0. The highest BCUT2D eigenvalue weighted by Gasteiger charge is 2.17. The Labute approximate surface area is 100 Å². The number of hydrogen-bond acceptors (Lipinski definition) is 5. The summed E-state index contributed by atoms with van der Waals surface area (Å²) in [4.78, 5) is 17.5. The van der Waals surface area contributed by atoms with Gasteiger partial charge < -0.3 is 10.3 Å². The fraction of sp³-hybridized carbons (Fsp3) is 0.364. The zero-order valence-corrected chi connectivity index (χ0v) is 9.84. The molecule has 0 aliphatic rings. The minimum Gasteiger partial charge on any atom is -0.338 e. The number of nitrogen functional groups attached to an aromatic ring is 1. The van der Waals surface area contributed by atoms with Gasteiger partial charge in [-0.1, -0.05) is 0 Å². The van der Waals surface area contributed by atoms with Crippen molar-refractivity contribution in [2.75, 3.05) is 12.5 Å². The lowest BCUT2D eigenvalue weighted by atomic mass is 10.1. The number of anilines is 1. The fourth-order valence-corrected chi connectivity index (χ4v) is 1.32. The average Bonchev–Trinajstić information content (AvgIpc) is 2.37. The van der Waals surface area contributed by atoms with Gasteiger partial charge >= 0.3 is 0 Å². The number of aromatic nitrogens is 1. The molecule has 1 heterocycles. The van der Waals surface area contributed by atoms with Crippen LogP contribution in [0.15, 0.2) is 18.3 Å². The van der Waals surface area contributed by atoms with Gasteiger partial charge in [0.05, 0.1) is 12.5 Å². The van der Waals surface area contributed by atoms with E-state index in [2.05, 4.69) is 10.4 Å². The first kappa shape index (κ1) is 12.9. The fourth-order valence-electron chi connectivity index (χ4n) is 1.32. The van der Waals surface area contributed by atoms with Crippen molar-refractivity contribution in [1.82, 2.24) is 9.88 Å². The Kier molecular flexibility index (Phi) is 4.43. The lowest BCUT2D eigenvalue weighted by Crippen LogP contribution is -2.34. The molecule has 1 amide bonds. The van der Waals surface area contributed by atoms with E-state index in [1.165, 1.54) is 11.1 Å². The second kappa shape index (κ2) is 5.82. The second-order valence-electron chi connectivity index (χ2n) is 3.70. The maximum atomic E-state index is 12.0. The minimum absolute atomic E-state index is 0.130. The van der Waals surface area contributed by atoms with Crippen molar-refractivity contribution in [3.05, 3.63) is 23.9 Å². The number of carbonyl (C=O) groups excluding carboxylic acids is 1. The Bertz CT molecular complexity index is 440. The van der Waals surface area contributed by atoms with Crippen LogP contribution in [0.5, 0.6) is 0 Å². The first-order valence-electron chi connectivity index (χ1n) is 5.17. The highest BCUT2D eigenvalue weighted by molar-refractivity contribution is 5.94. The molecule has 0 aliphatic carbocycles. The van der Waals surface area contributed by atoms with Gasteiger partial charge in [-0.3, -0.25) is 4.79 Å². The standard InChI is InChI=1S/C11H15N5O/c1-8(3-5-12)16(2)11(17)9-4-6-14-10(7-9)15-13/h4,6-8H,3,13H2,1-2H3,(H,14,15). The molecule has 1 atom stereocenters. The van der Waals surface area contributed by atoms with Crippen LogP contribution in [0, 0.1) is 11.3 Å². The van der Waals surface area contributed by atoms with Crippen LogP contribution >= 0.6 is 0 Å². The van der Waals surface area contributed by atoms with Crippen LogP contribution in [0.1, 0.15) is 23.7 Å². The number of rotatable bonds is 4. The summed E-state index contributed by atoms with van der Waals surface area (Å²) in [6.45, 7) is 1.82. The molecule has 1 unspecified atom stereocenters. The number of nitrogens with one attached hydrogen (secondary N) is 1. The predicted octanol–water partition coefficient (Wildman–Crippen LogP) is 0.741. The van der Waals surface area contributed by atoms with Gasteiger partial charge in [0.25, 0.3) is 5.91 Å². The van der Waals surface area contributed by atoms with Crippen LogP contribution in [0.25, 0.3) is 0 Å². The maximum Gasteiger partial charge on any atom is 0.254 e. The van der Waals surface area contributed by atoms with Crippen molar-refractivity contribution in [3.63, 3.8) is 0 Å². The van der Waals surface area contributed by atoms with Gasteiger partial charge in [0.15, 0.2) is 0 Å². The molecule has 6 nitrogen and oxygen atoms in total. The number of amides is 1. The van der Waals surface area contributed by atoms with Crippen LogP contribution in [-0.4, -0.2) is 28.9 Å². The number of pyridine rings is 1. The maximum absolute atomic E-state index is 12.0. The molecule has 0 bridgehead atoms. The van der Waals surface area contributed by atoms with Gasteiger partial charge in [-0.25, -0.2) is 10.8 Å². The Morgan fingerprint density at radius 3 is 3.06 bits per heavy atom. The number of hydrogen-bond donors (Lipinski definition) is 2. The Morgan fingerprint density at radius 1 is 1.76 bits per heavy atom. The third-order valence-electron chi connectivity index (χ3n) is 2.52. The van der Waals surface area contributed by atoms with Crippen molar-refractivity contribution in [1.29, 1.82) is 5.26 Å². The largest absolute Gasteiger partial charge is 0.338 e. The molecule has 3 N–H and O–H groups in total. The third-order valence-corrected chi connectivity index (χ3v) is 2.52. The third kappa shape index (κ3) is 3.16. The SMILES string of the molecule is CC(CC#N)N(C)C(=O)c1ccnc(NN)c1. The number of nitrogens with two attached hydrogens (primary N) is 1. The molecule has 0 fully saturated rings. The quantitative estimate of drug-likeness (QED) is 0.590. The normalized spacial score (nSPS) is 11.4. The molecule has 17 heavy (non-hydrogen) atoms. The summed E-state index contributed by atoms with van der Waals surface area (Å²) in [6.07, 6.45) is 1.81. The minimum atomic E-state index is -0.161. The van der Waals surface area contributed by atoms with Crippen molar-refractivity contribution in [3.8, 4) is 6.07 Å². The molecule has 6 heteroatoms. The summed E-state index contributed by atoms with van der Waals surface area (Å²) in [5, 5.41) is 8.60. The molecule has 0 aliphatic heterocycles. The lowest BCUT2D eigenvalue weighted by Gasteiger charge is -2.23. The summed E-state index contributed by atoms with van der Waals surface area (Å²) in [7, 11) is 1.67. The van der Waals surface area contributed by atoms with Crippen LogP contribution in [-0.2, 0) is 0 Å². The molecule has 1 aromatic rings. The van der Waals surface area contributed by atoms with E-state index in [9.17, 15) is 4.79 Å². The van der Waals surface area contributed by atoms with Gasteiger partial charge in [-0.2, -0.15) is 5.26 Å². The average molecular weight is 233 g/mol. The topological polar surface area (TPSA) is 95.0 Å². The van der Waals surface area contributed by atoms with E-state index >= 15 is 0 Å². The Balaban J connectivity index is 2.85. The molecule has 0 aromatic carbocycles. The van der Waals surface area contributed by atoms with Crippen molar-refractivity contribution in [2.45, 2.75) is 19.4 Å². The van der Waals surface area contributed by atoms with Crippen LogP contribution in [0.2, 0.25) is 0 Å². The van der Waals surface area contributed by atoms with Gasteiger partial charge in [0.2, 0.25) is 0 Å². The van der Waals surface area contributed by atoms with E-state index in [0.29, 0.717) is 17.8 Å². The molecular formula is C11H15N5O. The molecule has 1 aromatic heterocycles. The van der Waals surface area contributed by atoms with E-state index < -0.39 is 0 Å². The van der Waals surface area contributed by atoms with Gasteiger partial charge in [0, 0.05) is 24.8 Å². The van der Waals surface area contributed by atoms with Crippen LogP contribution in [0.4, 0.5) is 5.82 Å². The molecule has 0 saturated heterocycles. The molecule has 90 valence electrons. The summed E-state index contributed by atoms with van der Waals surface area (Å²) in [5.41, 5.74) is 2.87. The van der Waals surface area contributed by atoms with Crippen molar-refractivity contribution < 1.29 is 4.79 Å². The zero-order chi connectivity index (χ0) is 12.8. The summed E-state index contributed by atoms with van der Waals surface area (Å²) in [6, 6.07) is 5.09. The van der Waals surface area contributed by atoms with Gasteiger partial charge in [-0.15, -0.1) is 0 Å². The van der Waals surface area contributed by atoms with E-state index in [0.717, 1.165) is 0 Å². The number of hydrazine groups is 1. The van der Waals surface area contributed by atoms with Gasteiger partial charge in [-0.05, 0) is 19.1 Å². The number of carbonyl (C=O) groups is 1. The van der Waals surface area contributed by atoms with Gasteiger partial charge in [0.1, 0.15) is 5.82 Å². The zero-order valence-electron chi connectivity index (χ0n) is 9.84. The molecule has 0 spiro atoms. The second-order valence-corrected chi connectivity index (χ2v) is 3.70. The highest BCUT2D eigenvalue weighted by Crippen LogP contribution is 2.11. The Morgan fingerprint density at radius 2 is 2.47 bits per heavy atom. The number of nitrogens with zero attached hydrogens (tertiary/aromatic N) is 3. The summed E-state index contributed by atoms with van der Waals surface area (Å²) >= 11 is 0. The van der Waals surface area contributed by atoms with E-state index in [1.807, 2.05) is 13.0 Å². The van der Waals surface area contributed by atoms with Crippen LogP contribution in [0.3, 0.4) is 0 Å². The molecule has 0 saturated carbocycles.